The third-order valence-corrected chi connectivity index (χ3v) is 2.06. The molecule has 0 saturated heterocycles. The van der Waals surface area contributed by atoms with Crippen LogP contribution < -0.4 is 0 Å². The number of aromatic nitrogens is 2. The number of aryl methyl sites for hydroxylation is 2. The molecule has 0 amide bonds. The molecule has 0 spiro atoms. The van der Waals surface area contributed by atoms with E-state index >= 15 is 0 Å². The standard InChI is InChI=1S/C8H12F2N2S/c1-12-5-6(3-2-4-13)7(11-12)8(9)10/h5,8,13H,2-4H2,1H3. The van der Waals surface area contributed by atoms with Crippen molar-refractivity contribution in [3.05, 3.63) is 17.5 Å². The van der Waals surface area contributed by atoms with Gasteiger partial charge in [0.2, 0.25) is 0 Å². The van der Waals surface area contributed by atoms with Crippen molar-refractivity contribution >= 4 is 12.6 Å². The molecule has 0 aliphatic carbocycles. The van der Waals surface area contributed by atoms with E-state index in [0.29, 0.717) is 17.7 Å². The summed E-state index contributed by atoms with van der Waals surface area (Å²) >= 11 is 4.03. The molecule has 0 bridgehead atoms. The molecule has 1 rings (SSSR count). The van der Waals surface area contributed by atoms with Gasteiger partial charge in [0.25, 0.3) is 6.43 Å². The normalized spacial score (nSPS) is 11.2. The molecule has 74 valence electrons. The van der Waals surface area contributed by atoms with Crippen LogP contribution in [0, 0.1) is 0 Å². The fraction of sp³-hybridized carbons (Fsp3) is 0.625. The second kappa shape index (κ2) is 4.60. The van der Waals surface area contributed by atoms with E-state index in [9.17, 15) is 8.78 Å². The van der Waals surface area contributed by atoms with Crippen LogP contribution >= 0.6 is 12.6 Å². The molecule has 1 aromatic rings. The van der Waals surface area contributed by atoms with Gasteiger partial charge < -0.3 is 0 Å². The summed E-state index contributed by atoms with van der Waals surface area (Å²) < 4.78 is 26.2. The smallest absolute Gasteiger partial charge is 0.275 e. The number of hydrogen-bond donors (Lipinski definition) is 1. The number of halogens is 2. The van der Waals surface area contributed by atoms with E-state index in [1.54, 1.807) is 13.2 Å². The van der Waals surface area contributed by atoms with E-state index in [1.165, 1.54) is 4.68 Å². The second-order valence-corrected chi connectivity index (χ2v) is 3.29. The maximum absolute atomic E-state index is 12.4. The van der Waals surface area contributed by atoms with Crippen LogP contribution in [0.1, 0.15) is 24.1 Å². The van der Waals surface area contributed by atoms with Gasteiger partial charge in [0, 0.05) is 13.2 Å². The van der Waals surface area contributed by atoms with Crippen LogP contribution in [0.4, 0.5) is 8.78 Å². The lowest BCUT2D eigenvalue weighted by Gasteiger charge is -1.98. The van der Waals surface area contributed by atoms with Gasteiger partial charge in [0.05, 0.1) is 0 Å². The van der Waals surface area contributed by atoms with Crippen molar-refractivity contribution in [3.8, 4) is 0 Å². The van der Waals surface area contributed by atoms with Gasteiger partial charge in [-0.3, -0.25) is 4.68 Å². The minimum Gasteiger partial charge on any atom is -0.275 e. The van der Waals surface area contributed by atoms with Crippen LogP contribution in [0.5, 0.6) is 0 Å². The molecule has 0 aliphatic heterocycles. The Balaban J connectivity index is 2.78. The first-order valence-corrected chi connectivity index (χ1v) is 4.70. The molecule has 0 unspecified atom stereocenters. The zero-order chi connectivity index (χ0) is 9.84. The molecule has 0 N–H and O–H groups in total. The third-order valence-electron chi connectivity index (χ3n) is 1.75. The Hall–Kier alpha value is -0.580. The maximum atomic E-state index is 12.4. The summed E-state index contributed by atoms with van der Waals surface area (Å²) in [5, 5.41) is 3.70. The van der Waals surface area contributed by atoms with Crippen molar-refractivity contribution in [3.63, 3.8) is 0 Å². The van der Waals surface area contributed by atoms with Crippen LogP contribution in [0.2, 0.25) is 0 Å². The van der Waals surface area contributed by atoms with E-state index in [0.717, 1.165) is 6.42 Å². The fourth-order valence-corrected chi connectivity index (χ4v) is 1.36. The largest absolute Gasteiger partial charge is 0.282 e. The molecule has 13 heavy (non-hydrogen) atoms. The highest BCUT2D eigenvalue weighted by Crippen LogP contribution is 2.21. The Morgan fingerprint density at radius 2 is 2.31 bits per heavy atom. The Morgan fingerprint density at radius 1 is 1.62 bits per heavy atom. The van der Waals surface area contributed by atoms with Crippen molar-refractivity contribution in [2.24, 2.45) is 7.05 Å². The van der Waals surface area contributed by atoms with Gasteiger partial charge in [-0.05, 0) is 24.2 Å². The molecule has 0 fully saturated rings. The Labute approximate surface area is 81.3 Å². The van der Waals surface area contributed by atoms with Crippen LogP contribution in [0.25, 0.3) is 0 Å². The summed E-state index contributed by atoms with van der Waals surface area (Å²) in [6, 6.07) is 0. The molecule has 2 nitrogen and oxygen atoms in total. The predicted molar refractivity (Wildman–Crippen MR) is 50.3 cm³/mol. The topological polar surface area (TPSA) is 17.8 Å². The molecular weight excluding hydrogens is 194 g/mol. The summed E-state index contributed by atoms with van der Waals surface area (Å²) in [4.78, 5) is 0. The van der Waals surface area contributed by atoms with Gasteiger partial charge in [-0.1, -0.05) is 0 Å². The second-order valence-electron chi connectivity index (χ2n) is 2.84. The Kier molecular flexibility index (Phi) is 3.71. The van der Waals surface area contributed by atoms with Crippen molar-refractivity contribution in [2.75, 3.05) is 5.75 Å². The summed E-state index contributed by atoms with van der Waals surface area (Å²) in [6.45, 7) is 0. The monoisotopic (exact) mass is 206 g/mol. The number of rotatable bonds is 4. The molecule has 1 heterocycles. The van der Waals surface area contributed by atoms with E-state index in [-0.39, 0.29) is 5.69 Å². The van der Waals surface area contributed by atoms with E-state index < -0.39 is 6.43 Å². The molecular formula is C8H12F2N2S. The van der Waals surface area contributed by atoms with Crippen LogP contribution in [0.3, 0.4) is 0 Å². The Morgan fingerprint density at radius 3 is 2.85 bits per heavy atom. The minimum atomic E-state index is -2.48. The number of thiol groups is 1. The van der Waals surface area contributed by atoms with Gasteiger partial charge in [0.15, 0.2) is 0 Å². The average molecular weight is 206 g/mol. The lowest BCUT2D eigenvalue weighted by Crippen LogP contribution is -1.93. The van der Waals surface area contributed by atoms with E-state index in [4.69, 9.17) is 0 Å². The van der Waals surface area contributed by atoms with E-state index in [1.807, 2.05) is 0 Å². The van der Waals surface area contributed by atoms with Gasteiger partial charge in [-0.2, -0.15) is 17.7 Å². The van der Waals surface area contributed by atoms with Gasteiger partial charge in [-0.25, -0.2) is 8.78 Å². The third kappa shape index (κ3) is 2.69. The summed E-state index contributed by atoms with van der Waals surface area (Å²) in [5.74, 6) is 0.706. The van der Waals surface area contributed by atoms with Gasteiger partial charge in [-0.15, -0.1) is 0 Å². The SMILES string of the molecule is Cn1cc(CCCS)c(C(F)F)n1. The first kappa shape index (κ1) is 10.5. The maximum Gasteiger partial charge on any atom is 0.282 e. The van der Waals surface area contributed by atoms with Crippen LogP contribution in [0.15, 0.2) is 6.20 Å². The van der Waals surface area contributed by atoms with Crippen LogP contribution in [-0.4, -0.2) is 15.5 Å². The van der Waals surface area contributed by atoms with Crippen molar-refractivity contribution in [1.29, 1.82) is 0 Å². The minimum absolute atomic E-state index is 0.0933. The van der Waals surface area contributed by atoms with Crippen molar-refractivity contribution < 1.29 is 8.78 Å². The zero-order valence-electron chi connectivity index (χ0n) is 7.37. The molecule has 0 saturated carbocycles. The molecule has 0 aliphatic rings. The van der Waals surface area contributed by atoms with Crippen LogP contribution in [-0.2, 0) is 13.5 Å². The average Bonchev–Trinajstić information content (AvgIpc) is 2.43. The highest BCUT2D eigenvalue weighted by molar-refractivity contribution is 7.80. The fourth-order valence-electron chi connectivity index (χ4n) is 1.20. The first-order valence-electron chi connectivity index (χ1n) is 4.06. The zero-order valence-corrected chi connectivity index (χ0v) is 8.27. The molecule has 5 heteroatoms. The summed E-state index contributed by atoms with van der Waals surface area (Å²) in [5.41, 5.74) is 0.538. The Bertz CT molecular complexity index is 273. The summed E-state index contributed by atoms with van der Waals surface area (Å²) in [7, 11) is 1.65. The summed E-state index contributed by atoms with van der Waals surface area (Å²) in [6.07, 6.45) is 0.590. The lowest BCUT2D eigenvalue weighted by molar-refractivity contribution is 0.144. The number of nitrogens with zero attached hydrogens (tertiary/aromatic N) is 2. The predicted octanol–water partition coefficient (Wildman–Crippen LogP) is 2.22. The highest BCUT2D eigenvalue weighted by Gasteiger charge is 2.16. The van der Waals surface area contributed by atoms with Crippen molar-refractivity contribution in [2.45, 2.75) is 19.3 Å². The molecule has 1 aromatic heterocycles. The highest BCUT2D eigenvalue weighted by atomic mass is 32.1. The molecule has 0 radical (unpaired) electrons. The lowest BCUT2D eigenvalue weighted by atomic mass is 10.1. The van der Waals surface area contributed by atoms with Gasteiger partial charge >= 0.3 is 0 Å². The molecule has 0 atom stereocenters. The first-order chi connectivity index (χ1) is 6.15. The quantitative estimate of drug-likeness (QED) is 0.748. The van der Waals surface area contributed by atoms with E-state index in [2.05, 4.69) is 17.7 Å². The molecule has 0 aromatic carbocycles. The van der Waals surface area contributed by atoms with Crippen molar-refractivity contribution in [1.82, 2.24) is 9.78 Å². The van der Waals surface area contributed by atoms with Gasteiger partial charge in [0.1, 0.15) is 5.69 Å². The number of hydrogen-bond acceptors (Lipinski definition) is 2. The number of alkyl halides is 2.